The number of carbonyl (C=O) groups is 1. The van der Waals surface area contributed by atoms with E-state index >= 15 is 0 Å². The minimum absolute atomic E-state index is 0.147. The van der Waals surface area contributed by atoms with E-state index in [4.69, 9.17) is 11.6 Å². The van der Waals surface area contributed by atoms with Gasteiger partial charge < -0.3 is 5.32 Å². The average molecular weight is 380 g/mol. The van der Waals surface area contributed by atoms with Gasteiger partial charge in [0.1, 0.15) is 0 Å². The van der Waals surface area contributed by atoms with Crippen LogP contribution in [0.25, 0.3) is 0 Å². The summed E-state index contributed by atoms with van der Waals surface area (Å²) in [6.45, 7) is 0. The molecule has 4 nitrogen and oxygen atoms in total. The Balaban J connectivity index is 1.65. The summed E-state index contributed by atoms with van der Waals surface area (Å²) in [5.41, 5.74) is 1.34. The summed E-state index contributed by atoms with van der Waals surface area (Å²) < 4.78 is 37.6. The second-order valence-corrected chi connectivity index (χ2v) is 6.05. The molecule has 0 aliphatic heterocycles. The third kappa shape index (κ3) is 4.43. The second-order valence-electron chi connectivity index (χ2n) is 5.61. The highest BCUT2D eigenvalue weighted by atomic mass is 35.5. The predicted octanol–water partition coefficient (Wildman–Crippen LogP) is 4.93. The number of H-pyrrole nitrogens is 1. The Morgan fingerprint density at radius 3 is 2.35 bits per heavy atom. The largest absolute Gasteiger partial charge is 0.416 e. The van der Waals surface area contributed by atoms with Crippen molar-refractivity contribution >= 4 is 23.2 Å². The lowest BCUT2D eigenvalue weighted by Gasteiger charge is -2.08. The summed E-state index contributed by atoms with van der Waals surface area (Å²) in [5, 5.41) is 9.86. The van der Waals surface area contributed by atoms with Gasteiger partial charge in [0, 0.05) is 22.8 Å². The molecule has 0 unspecified atom stereocenters. The molecule has 3 aromatic rings. The summed E-state index contributed by atoms with van der Waals surface area (Å²) in [7, 11) is 0. The van der Waals surface area contributed by atoms with Gasteiger partial charge in [0.25, 0.3) is 5.91 Å². The van der Waals surface area contributed by atoms with Crippen LogP contribution in [0, 0.1) is 0 Å². The highest BCUT2D eigenvalue weighted by Crippen LogP contribution is 2.29. The average Bonchev–Trinajstić information content (AvgIpc) is 3.05. The molecule has 0 saturated heterocycles. The number of aromatic amines is 1. The fraction of sp³-hybridized carbons (Fsp3) is 0.111. The predicted molar refractivity (Wildman–Crippen MR) is 92.2 cm³/mol. The lowest BCUT2D eigenvalue weighted by molar-refractivity contribution is -0.137. The number of halogens is 4. The topological polar surface area (TPSA) is 57.8 Å². The minimum Gasteiger partial charge on any atom is -0.321 e. The van der Waals surface area contributed by atoms with Gasteiger partial charge in [-0.2, -0.15) is 18.3 Å². The molecule has 0 fully saturated rings. The molecular formula is C18H13ClF3N3O. The number of rotatable bonds is 4. The number of benzene rings is 2. The van der Waals surface area contributed by atoms with Gasteiger partial charge in [0.15, 0.2) is 5.69 Å². The first-order valence-electron chi connectivity index (χ1n) is 7.58. The second kappa shape index (κ2) is 7.21. The van der Waals surface area contributed by atoms with Crippen LogP contribution in [0.5, 0.6) is 0 Å². The normalized spacial score (nSPS) is 11.4. The number of anilines is 1. The van der Waals surface area contributed by atoms with Crippen LogP contribution in [-0.4, -0.2) is 16.1 Å². The molecule has 0 bridgehead atoms. The molecule has 3 rings (SSSR count). The van der Waals surface area contributed by atoms with Crippen molar-refractivity contribution in [2.45, 2.75) is 12.6 Å². The van der Waals surface area contributed by atoms with E-state index in [-0.39, 0.29) is 11.4 Å². The van der Waals surface area contributed by atoms with Crippen LogP contribution >= 0.6 is 11.6 Å². The molecule has 0 spiro atoms. The van der Waals surface area contributed by atoms with Gasteiger partial charge in [-0.15, -0.1) is 0 Å². The molecule has 8 heteroatoms. The highest BCUT2D eigenvalue weighted by molar-refractivity contribution is 6.30. The molecule has 2 N–H and O–H groups in total. The Bertz CT molecular complexity index is 903. The smallest absolute Gasteiger partial charge is 0.321 e. The van der Waals surface area contributed by atoms with Crippen LogP contribution in [-0.2, 0) is 12.6 Å². The van der Waals surface area contributed by atoms with E-state index in [0.29, 0.717) is 11.4 Å². The zero-order valence-electron chi connectivity index (χ0n) is 13.3. The molecule has 1 aromatic heterocycles. The summed E-state index contributed by atoms with van der Waals surface area (Å²) in [6, 6.07) is 13.1. The first kappa shape index (κ1) is 18.0. The van der Waals surface area contributed by atoms with Crippen LogP contribution in [0.4, 0.5) is 18.9 Å². The molecule has 0 aliphatic carbocycles. The molecule has 26 heavy (non-hydrogen) atoms. The molecule has 1 amide bonds. The molecular weight excluding hydrogens is 367 g/mol. The number of carbonyl (C=O) groups excluding carboxylic acids is 1. The van der Waals surface area contributed by atoms with E-state index in [0.717, 1.165) is 23.4 Å². The maximum Gasteiger partial charge on any atom is 0.416 e. The highest BCUT2D eigenvalue weighted by Gasteiger charge is 2.30. The van der Waals surface area contributed by atoms with Crippen molar-refractivity contribution in [2.24, 2.45) is 0 Å². The van der Waals surface area contributed by atoms with E-state index in [1.54, 1.807) is 18.2 Å². The van der Waals surface area contributed by atoms with Gasteiger partial charge >= 0.3 is 6.18 Å². The number of nitrogens with one attached hydrogen (secondary N) is 2. The molecule has 2 aromatic carbocycles. The van der Waals surface area contributed by atoms with E-state index in [2.05, 4.69) is 15.5 Å². The quantitative estimate of drug-likeness (QED) is 0.675. The Labute approximate surface area is 152 Å². The SMILES string of the molecule is O=C(Nc1ccc(C(F)(F)F)cc1)c1cc(Cc2ccc(Cl)cc2)[nH]n1. The Kier molecular flexibility index (Phi) is 4.99. The van der Waals surface area contributed by atoms with Crippen molar-refractivity contribution in [3.63, 3.8) is 0 Å². The zero-order valence-corrected chi connectivity index (χ0v) is 14.0. The Morgan fingerprint density at radius 1 is 1.08 bits per heavy atom. The fourth-order valence-electron chi connectivity index (χ4n) is 2.33. The number of hydrogen-bond acceptors (Lipinski definition) is 2. The first-order valence-corrected chi connectivity index (χ1v) is 7.96. The number of hydrogen-bond donors (Lipinski definition) is 2. The Morgan fingerprint density at radius 2 is 1.73 bits per heavy atom. The zero-order chi connectivity index (χ0) is 18.7. The molecule has 1 heterocycles. The molecule has 0 saturated carbocycles. The number of amides is 1. The summed E-state index contributed by atoms with van der Waals surface area (Å²) in [5.74, 6) is -0.511. The van der Waals surface area contributed by atoms with Crippen molar-refractivity contribution in [1.29, 1.82) is 0 Å². The summed E-state index contributed by atoms with van der Waals surface area (Å²) >= 11 is 5.84. The maximum absolute atomic E-state index is 12.5. The lowest BCUT2D eigenvalue weighted by Crippen LogP contribution is -2.12. The fourth-order valence-corrected chi connectivity index (χ4v) is 2.45. The van der Waals surface area contributed by atoms with Gasteiger partial charge in [-0.25, -0.2) is 0 Å². The van der Waals surface area contributed by atoms with Crippen molar-refractivity contribution < 1.29 is 18.0 Å². The van der Waals surface area contributed by atoms with Crippen LogP contribution in [0.2, 0.25) is 5.02 Å². The molecule has 0 atom stereocenters. The number of aromatic nitrogens is 2. The molecule has 0 radical (unpaired) electrons. The van der Waals surface area contributed by atoms with Gasteiger partial charge in [0.2, 0.25) is 0 Å². The summed E-state index contributed by atoms with van der Waals surface area (Å²) in [4.78, 5) is 12.2. The number of nitrogens with zero attached hydrogens (tertiary/aromatic N) is 1. The van der Waals surface area contributed by atoms with Crippen molar-refractivity contribution in [2.75, 3.05) is 5.32 Å². The van der Waals surface area contributed by atoms with Crippen LogP contribution in [0.15, 0.2) is 54.6 Å². The monoisotopic (exact) mass is 379 g/mol. The minimum atomic E-state index is -4.42. The third-order valence-corrected chi connectivity index (χ3v) is 3.89. The van der Waals surface area contributed by atoms with Crippen LogP contribution in [0.1, 0.15) is 27.3 Å². The van der Waals surface area contributed by atoms with Crippen molar-refractivity contribution in [3.05, 3.63) is 82.1 Å². The van der Waals surface area contributed by atoms with Crippen molar-refractivity contribution in [3.8, 4) is 0 Å². The van der Waals surface area contributed by atoms with Gasteiger partial charge in [-0.1, -0.05) is 23.7 Å². The van der Waals surface area contributed by atoms with Crippen LogP contribution in [0.3, 0.4) is 0 Å². The lowest BCUT2D eigenvalue weighted by atomic mass is 10.1. The van der Waals surface area contributed by atoms with E-state index in [9.17, 15) is 18.0 Å². The third-order valence-electron chi connectivity index (χ3n) is 3.64. The first-order chi connectivity index (χ1) is 12.3. The standard InChI is InChI=1S/C18H13ClF3N3O/c19-13-5-1-11(2-6-13)9-15-10-16(25-24-15)17(26)23-14-7-3-12(4-8-14)18(20,21)22/h1-8,10H,9H2,(H,23,26)(H,24,25). The maximum atomic E-state index is 12.5. The van der Waals surface area contributed by atoms with Crippen LogP contribution < -0.4 is 5.32 Å². The van der Waals surface area contributed by atoms with Crippen molar-refractivity contribution in [1.82, 2.24) is 10.2 Å². The molecule has 134 valence electrons. The Hall–Kier alpha value is -2.80. The van der Waals surface area contributed by atoms with Gasteiger partial charge in [-0.3, -0.25) is 9.89 Å². The van der Waals surface area contributed by atoms with Gasteiger partial charge in [-0.05, 0) is 48.0 Å². The summed E-state index contributed by atoms with van der Waals surface area (Å²) in [6.07, 6.45) is -3.88. The van der Waals surface area contributed by atoms with Gasteiger partial charge in [0.05, 0.1) is 5.56 Å². The number of alkyl halides is 3. The van der Waals surface area contributed by atoms with E-state index in [1.165, 1.54) is 12.1 Å². The molecule has 0 aliphatic rings. The van der Waals surface area contributed by atoms with E-state index in [1.807, 2.05) is 12.1 Å². The van der Waals surface area contributed by atoms with E-state index < -0.39 is 17.6 Å².